The van der Waals surface area contributed by atoms with E-state index >= 15 is 0 Å². The Bertz CT molecular complexity index is 1700. The number of carbonyl (C=O) groups excluding carboxylic acids is 2. The van der Waals surface area contributed by atoms with Crippen LogP contribution >= 0.6 is 11.6 Å². The number of anilines is 1. The van der Waals surface area contributed by atoms with Gasteiger partial charge in [0.15, 0.2) is 0 Å². The van der Waals surface area contributed by atoms with Gasteiger partial charge in [0.05, 0.1) is 22.7 Å². The van der Waals surface area contributed by atoms with Crippen LogP contribution in [0.15, 0.2) is 108 Å². The van der Waals surface area contributed by atoms with Crippen molar-refractivity contribution >= 4 is 39.1 Å². The molecule has 0 spiro atoms. The predicted octanol–water partition coefficient (Wildman–Crippen LogP) is 6.02. The van der Waals surface area contributed by atoms with Crippen LogP contribution < -0.4 is 14.4 Å². The first-order valence-electron chi connectivity index (χ1n) is 14.7. The van der Waals surface area contributed by atoms with E-state index < -0.39 is 28.5 Å². The van der Waals surface area contributed by atoms with Gasteiger partial charge in [-0.25, -0.2) is 8.42 Å². The third kappa shape index (κ3) is 8.65. The highest BCUT2D eigenvalue weighted by molar-refractivity contribution is 7.92. The maximum absolute atomic E-state index is 14.5. The minimum absolute atomic E-state index is 0.0106. The molecule has 1 N–H and O–H groups in total. The molecule has 0 saturated carbocycles. The summed E-state index contributed by atoms with van der Waals surface area (Å²) in [6.07, 6.45) is 0.963. The molecule has 4 aromatic carbocycles. The quantitative estimate of drug-likeness (QED) is 0.181. The zero-order valence-corrected chi connectivity index (χ0v) is 27.2. The summed E-state index contributed by atoms with van der Waals surface area (Å²) in [7, 11) is -2.77. The molecule has 4 aromatic rings. The highest BCUT2D eigenvalue weighted by atomic mass is 35.5. The van der Waals surface area contributed by atoms with E-state index in [2.05, 4.69) is 5.32 Å². The number of sulfonamides is 1. The van der Waals surface area contributed by atoms with Gasteiger partial charge in [0.1, 0.15) is 18.3 Å². The average Bonchev–Trinajstić information content (AvgIpc) is 3.04. The highest BCUT2D eigenvalue weighted by Gasteiger charge is 2.34. The maximum Gasteiger partial charge on any atom is 0.264 e. The number of halogens is 1. The van der Waals surface area contributed by atoms with Crippen LogP contribution in [0.2, 0.25) is 5.02 Å². The highest BCUT2D eigenvalue weighted by Crippen LogP contribution is 2.32. The fourth-order valence-corrected chi connectivity index (χ4v) is 6.67. The maximum atomic E-state index is 14.5. The third-order valence-corrected chi connectivity index (χ3v) is 9.37. The van der Waals surface area contributed by atoms with E-state index in [1.165, 1.54) is 30.2 Å². The van der Waals surface area contributed by atoms with Crippen molar-refractivity contribution < 1.29 is 22.7 Å². The Balaban J connectivity index is 1.81. The zero-order valence-electron chi connectivity index (χ0n) is 25.6. The van der Waals surface area contributed by atoms with E-state index in [4.69, 9.17) is 16.3 Å². The molecule has 0 aliphatic rings. The van der Waals surface area contributed by atoms with E-state index in [1.54, 1.807) is 30.3 Å². The van der Waals surface area contributed by atoms with Gasteiger partial charge in [0, 0.05) is 19.5 Å². The number of amides is 2. The molecule has 0 heterocycles. The summed E-state index contributed by atoms with van der Waals surface area (Å²) < 4.78 is 34.5. The molecule has 0 bridgehead atoms. The van der Waals surface area contributed by atoms with Crippen molar-refractivity contribution in [2.24, 2.45) is 0 Å². The van der Waals surface area contributed by atoms with Gasteiger partial charge in [0.25, 0.3) is 10.0 Å². The topological polar surface area (TPSA) is 96.0 Å². The van der Waals surface area contributed by atoms with Crippen LogP contribution in [-0.4, -0.2) is 51.4 Å². The Hall–Kier alpha value is -4.34. The summed E-state index contributed by atoms with van der Waals surface area (Å²) in [5.41, 5.74) is 2.86. The summed E-state index contributed by atoms with van der Waals surface area (Å²) >= 11 is 6.43. The predicted molar refractivity (Wildman–Crippen MR) is 178 cm³/mol. The summed E-state index contributed by atoms with van der Waals surface area (Å²) in [6, 6.07) is 28.7. The first kappa shape index (κ1) is 33.6. The van der Waals surface area contributed by atoms with E-state index in [0.29, 0.717) is 12.3 Å². The molecule has 45 heavy (non-hydrogen) atoms. The Labute approximate surface area is 270 Å². The molecule has 0 fully saturated rings. The van der Waals surface area contributed by atoms with E-state index in [9.17, 15) is 18.0 Å². The van der Waals surface area contributed by atoms with Crippen LogP contribution in [0.5, 0.6) is 5.75 Å². The van der Waals surface area contributed by atoms with Crippen LogP contribution in [0.3, 0.4) is 0 Å². The number of carbonyl (C=O) groups is 2. The molecule has 8 nitrogen and oxygen atoms in total. The minimum Gasteiger partial charge on any atom is -0.495 e. The van der Waals surface area contributed by atoms with Crippen LogP contribution in [-0.2, 0) is 32.6 Å². The lowest BCUT2D eigenvalue weighted by Crippen LogP contribution is -2.53. The smallest absolute Gasteiger partial charge is 0.264 e. The molecule has 0 aliphatic heterocycles. The lowest BCUT2D eigenvalue weighted by atomic mass is 10.0. The molecule has 0 aliphatic carbocycles. The van der Waals surface area contributed by atoms with E-state index in [-0.39, 0.29) is 34.5 Å². The average molecular weight is 648 g/mol. The number of hydrogen-bond donors (Lipinski definition) is 1. The van der Waals surface area contributed by atoms with Gasteiger partial charge in [-0.2, -0.15) is 0 Å². The van der Waals surface area contributed by atoms with Crippen LogP contribution in [0.1, 0.15) is 30.0 Å². The summed E-state index contributed by atoms with van der Waals surface area (Å²) in [4.78, 5) is 29.7. The molecule has 0 radical (unpaired) electrons. The monoisotopic (exact) mass is 647 g/mol. The largest absolute Gasteiger partial charge is 0.495 e. The van der Waals surface area contributed by atoms with Gasteiger partial charge in [-0.15, -0.1) is 0 Å². The fourth-order valence-electron chi connectivity index (χ4n) is 4.99. The number of ether oxygens (including phenoxy) is 1. The number of benzene rings is 4. The molecule has 10 heteroatoms. The van der Waals surface area contributed by atoms with Gasteiger partial charge in [0.2, 0.25) is 11.8 Å². The van der Waals surface area contributed by atoms with Crippen LogP contribution in [0.25, 0.3) is 0 Å². The number of rotatable bonds is 14. The van der Waals surface area contributed by atoms with Crippen molar-refractivity contribution in [2.75, 3.05) is 24.5 Å². The zero-order chi connectivity index (χ0) is 32.4. The van der Waals surface area contributed by atoms with Gasteiger partial charge in [-0.3, -0.25) is 13.9 Å². The second-order valence-electron chi connectivity index (χ2n) is 10.7. The summed E-state index contributed by atoms with van der Waals surface area (Å²) in [5.74, 6) is -0.498. The normalized spacial score (nSPS) is 11.8. The van der Waals surface area contributed by atoms with Crippen LogP contribution in [0.4, 0.5) is 5.69 Å². The van der Waals surface area contributed by atoms with Gasteiger partial charge >= 0.3 is 0 Å². The number of nitrogens with zero attached hydrogens (tertiary/aromatic N) is 2. The van der Waals surface area contributed by atoms with Crippen molar-refractivity contribution in [2.45, 2.75) is 44.2 Å². The van der Waals surface area contributed by atoms with Crippen molar-refractivity contribution in [3.8, 4) is 5.75 Å². The van der Waals surface area contributed by atoms with Crippen molar-refractivity contribution in [1.29, 1.82) is 0 Å². The second kappa shape index (κ2) is 15.6. The number of nitrogens with one attached hydrogen (secondary N) is 1. The van der Waals surface area contributed by atoms with Crippen LogP contribution in [0, 0.1) is 6.92 Å². The van der Waals surface area contributed by atoms with Crippen molar-refractivity contribution in [1.82, 2.24) is 10.2 Å². The molecule has 4 rings (SSSR count). The number of hydrogen-bond acceptors (Lipinski definition) is 5. The Morgan fingerprint density at radius 2 is 1.56 bits per heavy atom. The molecule has 0 saturated heterocycles. The third-order valence-electron chi connectivity index (χ3n) is 7.29. The van der Waals surface area contributed by atoms with E-state index in [1.807, 2.05) is 68.4 Å². The molecule has 2 amide bonds. The molecular formula is C35H38ClN3O5S. The van der Waals surface area contributed by atoms with Crippen molar-refractivity contribution in [3.63, 3.8) is 0 Å². The fraction of sp³-hybridized carbons (Fsp3) is 0.257. The van der Waals surface area contributed by atoms with Crippen molar-refractivity contribution in [3.05, 3.63) is 125 Å². The number of aryl methyl sites for hydroxylation is 1. The molecule has 1 atom stereocenters. The minimum atomic E-state index is -4.23. The van der Waals surface area contributed by atoms with Gasteiger partial charge in [-0.1, -0.05) is 96.9 Å². The molecule has 0 aromatic heterocycles. The SMILES string of the molecule is CCCNC(=O)C(Cc1ccccc1)N(Cc1cccc(C)c1)C(=O)CN(c1ccc(OC)c(Cl)c1)S(=O)(=O)c1ccccc1. The lowest BCUT2D eigenvalue weighted by Gasteiger charge is -2.34. The first-order chi connectivity index (χ1) is 21.6. The Kier molecular flexibility index (Phi) is 11.6. The Morgan fingerprint density at radius 3 is 2.18 bits per heavy atom. The van der Waals surface area contributed by atoms with E-state index in [0.717, 1.165) is 27.4 Å². The van der Waals surface area contributed by atoms with Gasteiger partial charge < -0.3 is 15.0 Å². The molecular weight excluding hydrogens is 610 g/mol. The summed E-state index contributed by atoms with van der Waals surface area (Å²) in [6.45, 7) is 3.87. The second-order valence-corrected chi connectivity index (χ2v) is 12.9. The first-order valence-corrected chi connectivity index (χ1v) is 16.5. The lowest BCUT2D eigenvalue weighted by molar-refractivity contribution is -0.140. The number of methoxy groups -OCH3 is 1. The molecule has 1 unspecified atom stereocenters. The Morgan fingerprint density at radius 1 is 0.889 bits per heavy atom. The molecule has 236 valence electrons. The summed E-state index contributed by atoms with van der Waals surface area (Å²) in [5, 5.41) is 3.14. The standard InChI is InChI=1S/C35H38ClN3O5S/c1-4-20-37-35(41)32(22-27-13-7-5-8-14-27)38(24-28-15-11-12-26(2)21-28)34(40)25-39(29-18-19-33(44-3)31(36)23-29)45(42,43)30-16-9-6-10-17-30/h5-19,21,23,32H,4,20,22,24-25H2,1-3H3,(H,37,41). The van der Waals surface area contributed by atoms with Gasteiger partial charge in [-0.05, 0) is 54.8 Å².